The van der Waals surface area contributed by atoms with Crippen molar-refractivity contribution in [3.63, 3.8) is 0 Å². The number of aryl methyl sites for hydroxylation is 1. The summed E-state index contributed by atoms with van der Waals surface area (Å²) in [6.45, 7) is 1.66. The first-order valence-corrected chi connectivity index (χ1v) is 17.5. The summed E-state index contributed by atoms with van der Waals surface area (Å²) in [6.07, 6.45) is -4.86. The molecule has 51 heavy (non-hydrogen) atoms. The third kappa shape index (κ3) is 7.00. The number of fused-ring (bicyclic) bond motifs is 2. The maximum atomic E-state index is 14.3. The summed E-state index contributed by atoms with van der Waals surface area (Å²) in [7, 11) is -9.48. The highest BCUT2D eigenvalue weighted by Crippen LogP contribution is 2.42. The second kappa shape index (κ2) is 12.9. The molecule has 12 nitrogen and oxygen atoms in total. The van der Waals surface area contributed by atoms with Crippen molar-refractivity contribution >= 4 is 75.9 Å². The van der Waals surface area contributed by atoms with Gasteiger partial charge in [-0.25, -0.2) is 0 Å². The number of halogens is 3. The zero-order valence-corrected chi connectivity index (χ0v) is 27.8. The molecule has 6 N–H and O–H groups in total. The molecule has 260 valence electrons. The van der Waals surface area contributed by atoms with Gasteiger partial charge in [0.1, 0.15) is 9.79 Å². The van der Waals surface area contributed by atoms with Crippen molar-refractivity contribution in [2.75, 3.05) is 11.5 Å². The molecule has 0 aliphatic carbocycles. The van der Waals surface area contributed by atoms with Crippen LogP contribution in [0.25, 0.3) is 32.7 Å². The topological polar surface area (TPSA) is 210 Å². The fourth-order valence-corrected chi connectivity index (χ4v) is 6.79. The van der Waals surface area contributed by atoms with Gasteiger partial charge in [-0.2, -0.15) is 35.1 Å². The van der Waals surface area contributed by atoms with Crippen LogP contribution in [0.2, 0.25) is 0 Å². The van der Waals surface area contributed by atoms with Gasteiger partial charge in [0.2, 0.25) is 0 Å². The normalized spacial score (nSPS) is 12.8. The highest BCUT2D eigenvalue weighted by atomic mass is 32.2. The maximum Gasteiger partial charge on any atom is 0.418 e. The molecule has 6 rings (SSSR count). The summed E-state index contributed by atoms with van der Waals surface area (Å²) in [6, 6.07) is 22.8. The van der Waals surface area contributed by atoms with Gasteiger partial charge in [0.15, 0.2) is 0 Å². The van der Waals surface area contributed by atoms with E-state index in [1.807, 2.05) is 0 Å². The number of rotatable bonds is 7. The molecule has 17 heteroatoms. The third-order valence-electron chi connectivity index (χ3n) is 7.97. The number of benzene rings is 6. The Balaban J connectivity index is 1.36. The number of nitrogen functional groups attached to an aromatic ring is 2. The Labute approximate surface area is 288 Å². The summed E-state index contributed by atoms with van der Waals surface area (Å²) >= 11 is 0. The van der Waals surface area contributed by atoms with E-state index in [0.717, 1.165) is 24.3 Å². The molecule has 6 aromatic rings. The molecule has 0 aliphatic heterocycles. The monoisotopic (exact) mass is 734 g/mol. The molecule has 0 radical (unpaired) electrons. The highest BCUT2D eigenvalue weighted by Gasteiger charge is 2.34. The minimum atomic E-state index is -4.86. The van der Waals surface area contributed by atoms with E-state index in [4.69, 9.17) is 11.5 Å². The fourth-order valence-electron chi connectivity index (χ4n) is 5.49. The molecule has 0 bridgehead atoms. The summed E-state index contributed by atoms with van der Waals surface area (Å²) < 4.78 is 110. The Morgan fingerprint density at radius 2 is 0.941 bits per heavy atom. The first-order chi connectivity index (χ1) is 23.9. The second-order valence-electron chi connectivity index (χ2n) is 11.3. The van der Waals surface area contributed by atoms with Crippen LogP contribution in [0.15, 0.2) is 127 Å². The average molecular weight is 735 g/mol. The zero-order valence-electron chi connectivity index (χ0n) is 26.2. The van der Waals surface area contributed by atoms with Gasteiger partial charge in [-0.15, -0.1) is 15.3 Å². The van der Waals surface area contributed by atoms with Crippen LogP contribution >= 0.6 is 0 Å². The smallest absolute Gasteiger partial charge is 0.397 e. The van der Waals surface area contributed by atoms with Crippen LogP contribution in [0.3, 0.4) is 0 Å². The number of hydrogen-bond donors (Lipinski definition) is 4. The predicted octanol–water partition coefficient (Wildman–Crippen LogP) is 9.48. The average Bonchev–Trinajstić information content (AvgIpc) is 3.07. The second-order valence-corrected chi connectivity index (χ2v) is 14.1. The standard InChI is InChI=1S/C34H25F3N6O6S2/c1-18-14-19(10-12-26(18)40-42-28-16-30(50(44,45)46)32(38)23-8-4-2-6-21(23)28)20-11-13-27(25(15-20)34(35,36)37)41-43-29-17-31(51(47,48)49)33(39)24-9-5-3-7-22(24)29/h2-17H,38-39H2,1H3,(H,44,45,46)(H,47,48,49). The summed E-state index contributed by atoms with van der Waals surface area (Å²) in [5, 5.41) is 17.5. The van der Waals surface area contributed by atoms with E-state index in [-0.39, 0.29) is 33.7 Å². The van der Waals surface area contributed by atoms with E-state index < -0.39 is 47.5 Å². The summed E-state index contributed by atoms with van der Waals surface area (Å²) in [4.78, 5) is -1.19. The molecule has 0 spiro atoms. The van der Waals surface area contributed by atoms with Crippen molar-refractivity contribution in [1.82, 2.24) is 0 Å². The molecule has 0 atom stereocenters. The van der Waals surface area contributed by atoms with Gasteiger partial charge in [0.25, 0.3) is 20.2 Å². The number of nitrogens with two attached hydrogens (primary N) is 2. The Morgan fingerprint density at radius 1 is 0.549 bits per heavy atom. The Hall–Kier alpha value is -5.75. The fraction of sp³-hybridized carbons (Fsp3) is 0.0588. The Bertz CT molecular complexity index is 2680. The lowest BCUT2D eigenvalue weighted by Crippen LogP contribution is -2.05. The molecule has 0 heterocycles. The van der Waals surface area contributed by atoms with E-state index in [9.17, 15) is 39.1 Å². The summed E-state index contributed by atoms with van der Waals surface area (Å²) in [5.74, 6) is 0. The van der Waals surface area contributed by atoms with Crippen LogP contribution in [0.5, 0.6) is 0 Å². The van der Waals surface area contributed by atoms with E-state index >= 15 is 0 Å². The van der Waals surface area contributed by atoms with Gasteiger partial charge < -0.3 is 11.5 Å². The summed E-state index contributed by atoms with van der Waals surface area (Å²) in [5.41, 5.74) is 11.3. The predicted molar refractivity (Wildman–Crippen MR) is 186 cm³/mol. The van der Waals surface area contributed by atoms with Crippen molar-refractivity contribution in [2.45, 2.75) is 22.9 Å². The van der Waals surface area contributed by atoms with Crippen molar-refractivity contribution in [1.29, 1.82) is 0 Å². The molecular formula is C34H25F3N6O6S2. The molecule has 0 amide bonds. The lowest BCUT2D eigenvalue weighted by atomic mass is 9.99. The van der Waals surface area contributed by atoms with Crippen LogP contribution < -0.4 is 11.5 Å². The molecule has 0 saturated carbocycles. The van der Waals surface area contributed by atoms with Gasteiger partial charge in [-0.05, 0) is 60.0 Å². The molecular weight excluding hydrogens is 710 g/mol. The molecule has 6 aromatic carbocycles. The lowest BCUT2D eigenvalue weighted by Gasteiger charge is -2.13. The molecule has 0 unspecified atom stereocenters. The number of nitrogens with zero attached hydrogens (tertiary/aromatic N) is 4. The highest BCUT2D eigenvalue weighted by molar-refractivity contribution is 7.86. The first kappa shape index (κ1) is 35.1. The van der Waals surface area contributed by atoms with E-state index in [0.29, 0.717) is 33.0 Å². The van der Waals surface area contributed by atoms with Gasteiger partial charge >= 0.3 is 6.18 Å². The van der Waals surface area contributed by atoms with Gasteiger partial charge in [-0.3, -0.25) is 9.11 Å². The number of hydrogen-bond acceptors (Lipinski definition) is 10. The van der Waals surface area contributed by atoms with Crippen LogP contribution in [-0.4, -0.2) is 25.9 Å². The van der Waals surface area contributed by atoms with Crippen molar-refractivity contribution in [3.05, 3.63) is 108 Å². The number of alkyl halides is 3. The van der Waals surface area contributed by atoms with E-state index in [2.05, 4.69) is 20.5 Å². The Morgan fingerprint density at radius 3 is 1.37 bits per heavy atom. The third-order valence-corrected chi connectivity index (χ3v) is 9.76. The number of anilines is 2. The molecule has 0 saturated heterocycles. The maximum absolute atomic E-state index is 14.3. The quantitative estimate of drug-likeness (QED) is 0.0703. The first-order valence-electron chi connectivity index (χ1n) is 14.7. The minimum Gasteiger partial charge on any atom is -0.397 e. The van der Waals surface area contributed by atoms with Crippen LogP contribution in [-0.2, 0) is 26.4 Å². The largest absolute Gasteiger partial charge is 0.418 e. The molecule has 0 aliphatic rings. The van der Waals surface area contributed by atoms with Crippen LogP contribution in [0.1, 0.15) is 11.1 Å². The SMILES string of the molecule is Cc1cc(-c2ccc(N=Nc3cc(S(=O)(=O)O)c(N)c4ccccc34)c(C(F)(F)F)c2)ccc1N=Nc1cc(S(=O)(=O)O)c(N)c2ccccc12. The van der Waals surface area contributed by atoms with Gasteiger partial charge in [-0.1, -0.05) is 60.7 Å². The van der Waals surface area contributed by atoms with Gasteiger partial charge in [0, 0.05) is 21.5 Å². The van der Waals surface area contributed by atoms with Crippen LogP contribution in [0.4, 0.5) is 47.3 Å². The number of azo groups is 2. The molecule has 0 aromatic heterocycles. The van der Waals surface area contributed by atoms with E-state index in [1.54, 1.807) is 49.4 Å². The van der Waals surface area contributed by atoms with E-state index in [1.165, 1.54) is 30.3 Å². The van der Waals surface area contributed by atoms with Crippen molar-refractivity contribution < 1.29 is 39.1 Å². The van der Waals surface area contributed by atoms with Crippen LogP contribution in [0, 0.1) is 6.92 Å². The Kier molecular flexibility index (Phi) is 8.84. The van der Waals surface area contributed by atoms with Crippen molar-refractivity contribution in [2.24, 2.45) is 20.5 Å². The van der Waals surface area contributed by atoms with Crippen molar-refractivity contribution in [3.8, 4) is 11.1 Å². The lowest BCUT2D eigenvalue weighted by molar-refractivity contribution is -0.137. The van der Waals surface area contributed by atoms with Gasteiger partial charge in [0.05, 0.1) is 39.7 Å². The zero-order chi connectivity index (χ0) is 36.9. The molecule has 0 fully saturated rings. The minimum absolute atomic E-state index is 0.108.